The number of carbonyl (C=O) groups is 2. The number of urea groups is 1. The van der Waals surface area contributed by atoms with Crippen LogP contribution in [0.25, 0.3) is 5.95 Å². The number of benzene rings is 2. The van der Waals surface area contributed by atoms with E-state index in [-0.39, 0.29) is 42.5 Å². The van der Waals surface area contributed by atoms with Gasteiger partial charge in [-0.1, -0.05) is 32.9 Å². The third-order valence-corrected chi connectivity index (χ3v) is 9.23. The summed E-state index contributed by atoms with van der Waals surface area (Å²) < 4.78 is 19.1. The van der Waals surface area contributed by atoms with E-state index in [0.29, 0.717) is 66.9 Å². The largest absolute Gasteiger partial charge is 0.497 e. The van der Waals surface area contributed by atoms with Crippen LogP contribution in [0.4, 0.5) is 16.3 Å². The number of ether oxygens (including phenoxy) is 3. The highest BCUT2D eigenvalue weighted by Gasteiger charge is 2.34. The van der Waals surface area contributed by atoms with E-state index >= 15 is 0 Å². The molecule has 4 heterocycles. The normalized spacial score (nSPS) is 18.5. The molecule has 1 fully saturated rings. The molecule has 0 saturated carbocycles. The Kier molecular flexibility index (Phi) is 10.2. The Morgan fingerprint density at radius 2 is 1.80 bits per heavy atom. The first-order valence-corrected chi connectivity index (χ1v) is 16.7. The highest BCUT2D eigenvalue weighted by atomic mass is 16.6. The van der Waals surface area contributed by atoms with E-state index < -0.39 is 0 Å². The molecule has 258 valence electrons. The molecule has 2 aromatic heterocycles. The minimum Gasteiger partial charge on any atom is -0.497 e. The standard InChI is InChI=1S/C36H44N8O5/c1-23(2)24(3)29-19-33(41-35(40-29)43-15-14-37-22-43)44-17-16-42(36(46)39-26-10-12-28(47-5)13-11-26)20-27(44)18-34(45)38-25(4)32-21-48-30-8-6-7-9-31(30)49-32/h6-15,19,22-25,27,32H,16-18,20-21H2,1-5H3,(H,38,45)(H,39,46). The van der Waals surface area contributed by atoms with Crippen molar-refractivity contribution in [3.8, 4) is 23.2 Å². The van der Waals surface area contributed by atoms with Crippen molar-refractivity contribution in [2.24, 2.45) is 5.92 Å². The van der Waals surface area contributed by atoms with E-state index in [9.17, 15) is 9.59 Å². The number of rotatable bonds is 10. The lowest BCUT2D eigenvalue weighted by Gasteiger charge is -2.42. The first kappa shape index (κ1) is 33.6. The van der Waals surface area contributed by atoms with Crippen LogP contribution in [0.5, 0.6) is 17.2 Å². The van der Waals surface area contributed by atoms with Crippen molar-refractivity contribution >= 4 is 23.4 Å². The summed E-state index contributed by atoms with van der Waals surface area (Å²) in [6.45, 7) is 9.92. The highest BCUT2D eigenvalue weighted by Crippen LogP contribution is 2.32. The molecule has 4 unspecified atom stereocenters. The Hall–Kier alpha value is -5.33. The molecule has 49 heavy (non-hydrogen) atoms. The average molecular weight is 669 g/mol. The number of nitrogens with zero attached hydrogens (tertiary/aromatic N) is 6. The van der Waals surface area contributed by atoms with Gasteiger partial charge in [-0.3, -0.25) is 9.36 Å². The van der Waals surface area contributed by atoms with E-state index in [1.165, 1.54) is 0 Å². The summed E-state index contributed by atoms with van der Waals surface area (Å²) in [6, 6.07) is 15.8. The van der Waals surface area contributed by atoms with Gasteiger partial charge in [0.15, 0.2) is 17.6 Å². The first-order valence-electron chi connectivity index (χ1n) is 16.7. The SMILES string of the molecule is COc1ccc(NC(=O)N2CCN(c3cc(C(C)C(C)C)nc(-n4ccnc4)n3)C(CC(=O)NC(C)C3COc4ccccc4O3)C2)cc1. The summed E-state index contributed by atoms with van der Waals surface area (Å²) >= 11 is 0. The average Bonchev–Trinajstić information content (AvgIpc) is 3.66. The maximum atomic E-state index is 13.7. The number of amides is 3. The van der Waals surface area contributed by atoms with E-state index in [1.807, 2.05) is 43.5 Å². The van der Waals surface area contributed by atoms with Gasteiger partial charge in [-0.25, -0.2) is 14.8 Å². The topological polar surface area (TPSA) is 136 Å². The maximum absolute atomic E-state index is 13.7. The van der Waals surface area contributed by atoms with Crippen molar-refractivity contribution in [2.75, 3.05) is 43.6 Å². The molecule has 4 aromatic rings. The molecular formula is C36H44N8O5. The number of para-hydroxylation sites is 2. The van der Waals surface area contributed by atoms with Crippen LogP contribution in [0.2, 0.25) is 0 Å². The molecule has 4 atom stereocenters. The third kappa shape index (κ3) is 7.87. The summed E-state index contributed by atoms with van der Waals surface area (Å²) in [4.78, 5) is 45.1. The van der Waals surface area contributed by atoms with Gasteiger partial charge in [-0.05, 0) is 49.2 Å². The molecule has 2 aliphatic heterocycles. The van der Waals surface area contributed by atoms with Crippen molar-refractivity contribution < 1.29 is 23.8 Å². The van der Waals surface area contributed by atoms with Crippen LogP contribution in [-0.2, 0) is 4.79 Å². The van der Waals surface area contributed by atoms with E-state index in [2.05, 4.69) is 41.3 Å². The molecule has 2 aromatic carbocycles. The lowest BCUT2D eigenvalue weighted by Crippen LogP contribution is -2.58. The minimum absolute atomic E-state index is 0.125. The fourth-order valence-corrected chi connectivity index (χ4v) is 5.95. The smallest absolute Gasteiger partial charge is 0.321 e. The number of aromatic nitrogens is 4. The highest BCUT2D eigenvalue weighted by molar-refractivity contribution is 5.89. The number of anilines is 2. The van der Waals surface area contributed by atoms with Gasteiger partial charge in [0, 0.05) is 56.1 Å². The van der Waals surface area contributed by atoms with Gasteiger partial charge >= 0.3 is 6.03 Å². The molecule has 13 heteroatoms. The maximum Gasteiger partial charge on any atom is 0.321 e. The lowest BCUT2D eigenvalue weighted by molar-refractivity contribution is -0.123. The number of hydrogen-bond donors (Lipinski definition) is 2. The molecule has 0 radical (unpaired) electrons. The Morgan fingerprint density at radius 3 is 2.51 bits per heavy atom. The molecule has 6 rings (SSSR count). The van der Waals surface area contributed by atoms with Crippen LogP contribution in [0.3, 0.4) is 0 Å². The zero-order valence-corrected chi connectivity index (χ0v) is 28.6. The number of methoxy groups -OCH3 is 1. The number of carbonyl (C=O) groups excluding carboxylic acids is 2. The monoisotopic (exact) mass is 668 g/mol. The fourth-order valence-electron chi connectivity index (χ4n) is 5.95. The molecule has 2 N–H and O–H groups in total. The third-order valence-electron chi connectivity index (χ3n) is 9.23. The number of fused-ring (bicyclic) bond motifs is 1. The number of piperazine rings is 1. The summed E-state index contributed by atoms with van der Waals surface area (Å²) in [5, 5.41) is 6.11. The summed E-state index contributed by atoms with van der Waals surface area (Å²) in [5.74, 6) is 3.58. The van der Waals surface area contributed by atoms with E-state index in [1.54, 1.807) is 53.4 Å². The Labute approximate surface area is 286 Å². The van der Waals surface area contributed by atoms with Gasteiger partial charge in [-0.15, -0.1) is 0 Å². The van der Waals surface area contributed by atoms with Crippen LogP contribution in [0, 0.1) is 5.92 Å². The van der Waals surface area contributed by atoms with Crippen molar-refractivity contribution in [1.82, 2.24) is 29.7 Å². The predicted molar refractivity (Wildman–Crippen MR) is 186 cm³/mol. The Balaban J connectivity index is 1.23. The molecule has 3 amide bonds. The van der Waals surface area contributed by atoms with Gasteiger partial charge in [0.05, 0.1) is 24.9 Å². The second kappa shape index (κ2) is 14.8. The van der Waals surface area contributed by atoms with Gasteiger partial charge in [0.1, 0.15) is 24.5 Å². The summed E-state index contributed by atoms with van der Waals surface area (Å²) in [7, 11) is 1.60. The molecule has 0 spiro atoms. The van der Waals surface area contributed by atoms with Gasteiger partial charge in [-0.2, -0.15) is 4.98 Å². The van der Waals surface area contributed by atoms with Crippen molar-refractivity contribution in [3.05, 3.63) is 79.0 Å². The van der Waals surface area contributed by atoms with Gasteiger partial charge in [0.2, 0.25) is 11.9 Å². The van der Waals surface area contributed by atoms with Crippen molar-refractivity contribution in [2.45, 2.75) is 58.2 Å². The molecule has 13 nitrogen and oxygen atoms in total. The second-order valence-electron chi connectivity index (χ2n) is 12.9. The predicted octanol–water partition coefficient (Wildman–Crippen LogP) is 4.89. The van der Waals surface area contributed by atoms with Crippen molar-refractivity contribution in [3.63, 3.8) is 0 Å². The van der Waals surface area contributed by atoms with Crippen LogP contribution in [0.15, 0.2) is 73.3 Å². The van der Waals surface area contributed by atoms with Crippen molar-refractivity contribution in [1.29, 1.82) is 0 Å². The Morgan fingerprint density at radius 1 is 1.02 bits per heavy atom. The summed E-state index contributed by atoms with van der Waals surface area (Å²) in [5.41, 5.74) is 1.55. The van der Waals surface area contributed by atoms with Gasteiger partial charge in [0.25, 0.3) is 0 Å². The molecule has 0 aliphatic carbocycles. The first-order chi connectivity index (χ1) is 23.7. The summed E-state index contributed by atoms with van der Waals surface area (Å²) in [6.07, 6.45) is 4.95. The van der Waals surface area contributed by atoms with Crippen LogP contribution in [0.1, 0.15) is 45.7 Å². The lowest BCUT2D eigenvalue weighted by atomic mass is 9.94. The number of hydrogen-bond acceptors (Lipinski definition) is 9. The quantitative estimate of drug-likeness (QED) is 0.242. The molecule has 2 aliphatic rings. The molecular weight excluding hydrogens is 624 g/mol. The minimum atomic E-state index is -0.375. The van der Waals surface area contributed by atoms with Crippen LogP contribution < -0.4 is 29.7 Å². The van der Waals surface area contributed by atoms with Gasteiger partial charge < -0.3 is 34.6 Å². The Bertz CT molecular complexity index is 1730. The fraction of sp³-hybridized carbons (Fsp3) is 0.417. The number of imidazole rings is 1. The molecule has 1 saturated heterocycles. The van der Waals surface area contributed by atoms with Crippen LogP contribution in [-0.4, -0.2) is 87.9 Å². The number of nitrogens with one attached hydrogen (secondary N) is 2. The van der Waals surface area contributed by atoms with E-state index in [0.717, 1.165) is 5.69 Å². The zero-order chi connectivity index (χ0) is 34.5. The second-order valence-corrected chi connectivity index (χ2v) is 12.9. The van der Waals surface area contributed by atoms with Crippen LogP contribution >= 0.6 is 0 Å². The molecule has 0 bridgehead atoms. The zero-order valence-electron chi connectivity index (χ0n) is 28.6. The van der Waals surface area contributed by atoms with E-state index in [4.69, 9.17) is 24.2 Å².